The van der Waals surface area contributed by atoms with Gasteiger partial charge < -0.3 is 4.90 Å². The Morgan fingerprint density at radius 1 is 0.969 bits per heavy atom. The molecule has 2 saturated heterocycles. The maximum atomic E-state index is 14.1. The van der Waals surface area contributed by atoms with Gasteiger partial charge in [-0.05, 0) is 30.7 Å². The number of anilines is 1. The summed E-state index contributed by atoms with van der Waals surface area (Å²) in [5.74, 6) is -2.67. The number of thioether (sulfide) groups is 1. The van der Waals surface area contributed by atoms with Crippen molar-refractivity contribution in [2.24, 2.45) is 0 Å². The summed E-state index contributed by atoms with van der Waals surface area (Å²) in [6, 6.07) is 10.2. The number of hydrogen-bond donors (Lipinski definition) is 0. The van der Waals surface area contributed by atoms with E-state index >= 15 is 0 Å². The zero-order valence-corrected chi connectivity index (χ0v) is 18.5. The van der Waals surface area contributed by atoms with Crippen molar-refractivity contribution in [2.45, 2.75) is 27.5 Å². The number of amides is 2. The summed E-state index contributed by atoms with van der Waals surface area (Å²) >= 11 is 1.35. The minimum atomic E-state index is -4.39. The van der Waals surface area contributed by atoms with Crippen molar-refractivity contribution in [1.82, 2.24) is 9.21 Å². The molecule has 0 aromatic heterocycles. The lowest BCUT2D eigenvalue weighted by molar-refractivity contribution is -0.135. The molecule has 1 atom stereocenters. The number of carbonyl (C=O) groups is 2. The normalized spacial score (nSPS) is 23.4. The van der Waals surface area contributed by atoms with E-state index in [4.69, 9.17) is 0 Å². The third-order valence-corrected chi connectivity index (χ3v) is 9.47. The average molecular weight is 480 g/mol. The Labute approximate surface area is 188 Å². The number of sulfonamides is 1. The predicted octanol–water partition coefficient (Wildman–Crippen LogP) is 2.43. The second-order valence-electron chi connectivity index (χ2n) is 7.83. The van der Waals surface area contributed by atoms with Crippen molar-refractivity contribution in [3.63, 3.8) is 0 Å². The topological polar surface area (TPSA) is 78.0 Å². The van der Waals surface area contributed by atoms with Crippen LogP contribution >= 0.6 is 11.8 Å². The molecule has 2 aromatic carbocycles. The first-order chi connectivity index (χ1) is 15.3. The number of carbonyl (C=O) groups excluding carboxylic acids is 2. The van der Waals surface area contributed by atoms with Gasteiger partial charge in [0.2, 0.25) is 15.9 Å². The van der Waals surface area contributed by atoms with Crippen LogP contribution in [0.3, 0.4) is 0 Å². The highest BCUT2D eigenvalue weighted by molar-refractivity contribution is 8.02. The van der Waals surface area contributed by atoms with Crippen LogP contribution in [-0.4, -0.2) is 60.5 Å². The molecule has 3 aliphatic rings. The maximum Gasteiger partial charge on any atom is 0.259 e. The number of rotatable bonds is 3. The first-order valence-electron chi connectivity index (χ1n) is 10.1. The number of fused-ring (bicyclic) bond motifs is 3. The molecule has 0 bridgehead atoms. The SMILES string of the molecule is O=C1CCC2(C(=O)N3CCN(S(=O)(=O)c4c(F)cccc4F)CC3)Sc3ccccc3N12. The van der Waals surface area contributed by atoms with Crippen LogP contribution in [0.25, 0.3) is 0 Å². The number of halogens is 2. The summed E-state index contributed by atoms with van der Waals surface area (Å²) in [4.78, 5) is 28.1. The largest absolute Gasteiger partial charge is 0.337 e. The number of para-hydroxylation sites is 1. The highest BCUT2D eigenvalue weighted by atomic mass is 32.2. The lowest BCUT2D eigenvalue weighted by atomic mass is 10.1. The molecule has 7 nitrogen and oxygen atoms in total. The van der Waals surface area contributed by atoms with E-state index in [1.165, 1.54) is 16.7 Å². The fourth-order valence-electron chi connectivity index (χ4n) is 4.52. The van der Waals surface area contributed by atoms with E-state index in [0.29, 0.717) is 12.1 Å². The van der Waals surface area contributed by atoms with Crippen LogP contribution in [-0.2, 0) is 19.6 Å². The Hall–Kier alpha value is -2.50. The van der Waals surface area contributed by atoms with Gasteiger partial charge in [-0.2, -0.15) is 4.31 Å². The van der Waals surface area contributed by atoms with Gasteiger partial charge in [-0.25, -0.2) is 17.2 Å². The molecule has 0 saturated carbocycles. The lowest BCUT2D eigenvalue weighted by Gasteiger charge is -2.39. The third kappa shape index (κ3) is 3.06. The molecule has 0 aliphatic carbocycles. The quantitative estimate of drug-likeness (QED) is 0.676. The highest BCUT2D eigenvalue weighted by Gasteiger charge is 2.58. The summed E-state index contributed by atoms with van der Waals surface area (Å²) in [6.07, 6.45) is 0.622. The van der Waals surface area contributed by atoms with Crippen molar-refractivity contribution in [1.29, 1.82) is 0 Å². The van der Waals surface area contributed by atoms with Crippen LogP contribution in [0.1, 0.15) is 12.8 Å². The molecule has 5 rings (SSSR count). The molecular weight excluding hydrogens is 460 g/mol. The van der Waals surface area contributed by atoms with E-state index in [1.807, 2.05) is 24.3 Å². The summed E-state index contributed by atoms with van der Waals surface area (Å²) in [5.41, 5.74) is 0.713. The molecule has 0 N–H and O–H groups in total. The van der Waals surface area contributed by atoms with Gasteiger partial charge in [0.05, 0.1) is 5.69 Å². The zero-order chi connectivity index (χ0) is 22.7. The summed E-state index contributed by atoms with van der Waals surface area (Å²) < 4.78 is 54.8. The van der Waals surface area contributed by atoms with Crippen LogP contribution < -0.4 is 4.90 Å². The lowest BCUT2D eigenvalue weighted by Crippen LogP contribution is -2.58. The number of nitrogens with zero attached hydrogens (tertiary/aromatic N) is 3. The smallest absolute Gasteiger partial charge is 0.259 e. The van der Waals surface area contributed by atoms with Crippen LogP contribution in [0.4, 0.5) is 14.5 Å². The summed E-state index contributed by atoms with van der Waals surface area (Å²) in [7, 11) is -4.39. The van der Waals surface area contributed by atoms with Gasteiger partial charge in [0.15, 0.2) is 9.77 Å². The van der Waals surface area contributed by atoms with Gasteiger partial charge in [-0.1, -0.05) is 30.0 Å². The number of hydrogen-bond acceptors (Lipinski definition) is 5. The van der Waals surface area contributed by atoms with E-state index in [-0.39, 0.29) is 44.4 Å². The first kappa shape index (κ1) is 21.4. The molecule has 168 valence electrons. The van der Waals surface area contributed by atoms with Crippen LogP contribution in [0.15, 0.2) is 52.3 Å². The van der Waals surface area contributed by atoms with Crippen molar-refractivity contribution in [2.75, 3.05) is 31.1 Å². The maximum absolute atomic E-state index is 14.1. The van der Waals surface area contributed by atoms with E-state index in [2.05, 4.69) is 0 Å². The molecule has 0 spiro atoms. The molecule has 2 fully saturated rings. The molecule has 2 aromatic rings. The molecule has 3 aliphatic heterocycles. The summed E-state index contributed by atoms with van der Waals surface area (Å²) in [6.45, 7) is -0.0589. The molecule has 0 radical (unpaired) electrons. The third-order valence-electron chi connectivity index (χ3n) is 6.05. The van der Waals surface area contributed by atoms with Crippen LogP contribution in [0.5, 0.6) is 0 Å². The van der Waals surface area contributed by atoms with Gasteiger partial charge in [0, 0.05) is 37.5 Å². The van der Waals surface area contributed by atoms with Gasteiger partial charge in [-0.3, -0.25) is 14.5 Å². The van der Waals surface area contributed by atoms with Crippen molar-refractivity contribution in [3.05, 3.63) is 54.1 Å². The van der Waals surface area contributed by atoms with Crippen LogP contribution in [0, 0.1) is 11.6 Å². The highest BCUT2D eigenvalue weighted by Crippen LogP contribution is 2.56. The van der Waals surface area contributed by atoms with Crippen molar-refractivity contribution < 1.29 is 26.8 Å². The predicted molar refractivity (Wildman–Crippen MR) is 113 cm³/mol. The van der Waals surface area contributed by atoms with Crippen molar-refractivity contribution >= 4 is 39.3 Å². The van der Waals surface area contributed by atoms with E-state index in [1.54, 1.807) is 4.90 Å². The van der Waals surface area contributed by atoms with Crippen LogP contribution in [0.2, 0.25) is 0 Å². The van der Waals surface area contributed by atoms with E-state index in [0.717, 1.165) is 27.4 Å². The molecule has 2 amide bonds. The number of piperazine rings is 1. The van der Waals surface area contributed by atoms with E-state index in [9.17, 15) is 26.8 Å². The van der Waals surface area contributed by atoms with E-state index < -0.39 is 31.4 Å². The fraction of sp³-hybridized carbons (Fsp3) is 0.333. The molecule has 3 heterocycles. The molecular formula is C21H19F2N3O4S2. The monoisotopic (exact) mass is 479 g/mol. The Kier molecular flexibility index (Phi) is 5.02. The second kappa shape index (κ2) is 7.53. The number of benzene rings is 2. The first-order valence-corrected chi connectivity index (χ1v) is 12.4. The molecule has 32 heavy (non-hydrogen) atoms. The Balaban J connectivity index is 1.36. The zero-order valence-electron chi connectivity index (χ0n) is 16.8. The van der Waals surface area contributed by atoms with Gasteiger partial charge in [0.25, 0.3) is 5.91 Å². The molecule has 1 unspecified atom stereocenters. The average Bonchev–Trinajstić information content (AvgIpc) is 3.28. The fourth-order valence-corrected chi connectivity index (χ4v) is 7.54. The molecule has 11 heteroatoms. The van der Waals surface area contributed by atoms with Gasteiger partial charge in [0.1, 0.15) is 11.6 Å². The minimum Gasteiger partial charge on any atom is -0.337 e. The second-order valence-corrected chi connectivity index (χ2v) is 11.0. The Bertz CT molecular complexity index is 1210. The Morgan fingerprint density at radius 3 is 2.31 bits per heavy atom. The standard InChI is InChI=1S/C21H19F2N3O4S2/c22-14-4-3-5-15(23)19(14)32(29,30)25-12-10-24(11-13-25)20(28)21-9-8-18(27)26(21)16-6-1-2-7-17(16)31-21/h1-7H,8-13H2. The van der Waals surface area contributed by atoms with Gasteiger partial charge >= 0.3 is 0 Å². The minimum absolute atomic E-state index is 0.0643. The summed E-state index contributed by atoms with van der Waals surface area (Å²) in [5, 5.41) is 0. The Morgan fingerprint density at radius 2 is 1.62 bits per heavy atom. The van der Waals surface area contributed by atoms with Gasteiger partial charge in [-0.15, -0.1) is 0 Å². The van der Waals surface area contributed by atoms with Crippen molar-refractivity contribution in [3.8, 4) is 0 Å².